The number of methoxy groups -OCH3 is 1. The molecule has 0 aromatic carbocycles. The summed E-state index contributed by atoms with van der Waals surface area (Å²) in [6.07, 6.45) is 4.57. The third-order valence-electron chi connectivity index (χ3n) is 3.67. The third kappa shape index (κ3) is 2.74. The van der Waals surface area contributed by atoms with Gasteiger partial charge in [-0.25, -0.2) is 0 Å². The lowest BCUT2D eigenvalue weighted by Crippen LogP contribution is -2.48. The number of carbonyl (C=O) groups is 1. The Kier molecular flexibility index (Phi) is 4.18. The molecule has 0 radical (unpaired) electrons. The van der Waals surface area contributed by atoms with Gasteiger partial charge in [-0.2, -0.15) is 0 Å². The fraction of sp³-hybridized carbons (Fsp3) is 0.917. The second kappa shape index (κ2) is 5.64. The molecular weight excluding hydrogens is 204 g/mol. The smallest absolute Gasteiger partial charge is 0.227 e. The molecule has 2 aliphatic heterocycles. The summed E-state index contributed by atoms with van der Waals surface area (Å²) in [5.41, 5.74) is 0. The predicted octanol–water partition coefficient (Wildman–Crippen LogP) is 0.623. The minimum Gasteiger partial charge on any atom is -0.380 e. The van der Waals surface area contributed by atoms with E-state index in [1.165, 1.54) is 0 Å². The molecule has 2 atom stereocenters. The van der Waals surface area contributed by atoms with Gasteiger partial charge >= 0.3 is 0 Å². The summed E-state index contributed by atoms with van der Waals surface area (Å²) in [7, 11) is 1.74. The largest absolute Gasteiger partial charge is 0.380 e. The summed E-state index contributed by atoms with van der Waals surface area (Å²) in [4.78, 5) is 14.2. The Bertz CT molecular complexity index is 239. The van der Waals surface area contributed by atoms with Crippen molar-refractivity contribution >= 4 is 5.91 Å². The fourth-order valence-electron chi connectivity index (χ4n) is 2.65. The number of rotatable bonds is 2. The number of hydrogen-bond donors (Lipinski definition) is 1. The zero-order valence-electron chi connectivity index (χ0n) is 10.1. The zero-order valence-corrected chi connectivity index (χ0v) is 10.1. The Labute approximate surface area is 97.3 Å². The Morgan fingerprint density at radius 3 is 2.94 bits per heavy atom. The summed E-state index contributed by atoms with van der Waals surface area (Å²) in [6, 6.07) is 0. The maximum absolute atomic E-state index is 12.2. The van der Waals surface area contributed by atoms with E-state index in [1.807, 2.05) is 4.90 Å². The van der Waals surface area contributed by atoms with Crippen LogP contribution in [0.1, 0.15) is 25.7 Å². The topological polar surface area (TPSA) is 41.6 Å². The number of ether oxygens (including phenoxy) is 1. The molecule has 2 saturated heterocycles. The highest BCUT2D eigenvalue weighted by Gasteiger charge is 2.29. The van der Waals surface area contributed by atoms with E-state index >= 15 is 0 Å². The van der Waals surface area contributed by atoms with Gasteiger partial charge in [0.2, 0.25) is 5.91 Å². The van der Waals surface area contributed by atoms with Gasteiger partial charge in [0, 0.05) is 26.7 Å². The molecule has 0 spiro atoms. The third-order valence-corrected chi connectivity index (χ3v) is 3.67. The molecule has 1 amide bonds. The Morgan fingerprint density at radius 2 is 2.25 bits per heavy atom. The first-order valence-electron chi connectivity index (χ1n) is 6.33. The highest BCUT2D eigenvalue weighted by Crippen LogP contribution is 2.18. The van der Waals surface area contributed by atoms with Crippen molar-refractivity contribution < 1.29 is 9.53 Å². The lowest BCUT2D eigenvalue weighted by molar-refractivity contribution is -0.139. The van der Waals surface area contributed by atoms with Gasteiger partial charge in [-0.1, -0.05) is 0 Å². The summed E-state index contributed by atoms with van der Waals surface area (Å²) >= 11 is 0. The summed E-state index contributed by atoms with van der Waals surface area (Å²) in [5, 5.41) is 3.30. The van der Waals surface area contributed by atoms with Gasteiger partial charge in [0.15, 0.2) is 0 Å². The normalized spacial score (nSPS) is 31.4. The molecule has 0 aromatic rings. The van der Waals surface area contributed by atoms with Crippen molar-refractivity contribution in [3.05, 3.63) is 0 Å². The molecular formula is C12H22N2O2. The van der Waals surface area contributed by atoms with Gasteiger partial charge in [0.05, 0.1) is 12.0 Å². The highest BCUT2D eigenvalue weighted by molar-refractivity contribution is 5.79. The molecule has 0 aromatic heterocycles. The number of nitrogens with one attached hydrogen (secondary N) is 1. The monoisotopic (exact) mass is 226 g/mol. The molecule has 4 nitrogen and oxygen atoms in total. The first kappa shape index (κ1) is 11.9. The number of amides is 1. The molecule has 16 heavy (non-hydrogen) atoms. The molecule has 92 valence electrons. The average Bonchev–Trinajstić information content (AvgIpc) is 2.39. The maximum atomic E-state index is 12.2. The Hall–Kier alpha value is -0.610. The molecule has 4 heteroatoms. The van der Waals surface area contributed by atoms with Crippen molar-refractivity contribution in [3.63, 3.8) is 0 Å². The standard InChI is InChI=1S/C12H22N2O2/c1-16-11-5-3-7-14(9-11)12(15)10-4-2-6-13-8-10/h10-11,13H,2-9H2,1H3. The maximum Gasteiger partial charge on any atom is 0.227 e. The van der Waals surface area contributed by atoms with Crippen LogP contribution in [0.25, 0.3) is 0 Å². The van der Waals surface area contributed by atoms with Crippen LogP contribution in [-0.4, -0.2) is 50.2 Å². The van der Waals surface area contributed by atoms with E-state index in [4.69, 9.17) is 4.74 Å². The zero-order chi connectivity index (χ0) is 11.4. The minimum absolute atomic E-state index is 0.198. The molecule has 2 unspecified atom stereocenters. The number of hydrogen-bond acceptors (Lipinski definition) is 3. The second-order valence-corrected chi connectivity index (χ2v) is 4.83. The molecule has 2 fully saturated rings. The first-order chi connectivity index (χ1) is 7.81. The van der Waals surface area contributed by atoms with Gasteiger partial charge in [-0.3, -0.25) is 4.79 Å². The molecule has 2 aliphatic rings. The van der Waals surface area contributed by atoms with Crippen molar-refractivity contribution in [1.29, 1.82) is 0 Å². The van der Waals surface area contributed by atoms with Gasteiger partial charge < -0.3 is 15.0 Å². The van der Waals surface area contributed by atoms with Crippen molar-refractivity contribution in [1.82, 2.24) is 10.2 Å². The quantitative estimate of drug-likeness (QED) is 0.750. The van der Waals surface area contributed by atoms with Crippen LogP contribution < -0.4 is 5.32 Å². The SMILES string of the molecule is COC1CCCN(C(=O)C2CCCNC2)C1. The number of nitrogens with zero attached hydrogens (tertiary/aromatic N) is 1. The van der Waals surface area contributed by atoms with Crippen LogP contribution in [0.5, 0.6) is 0 Å². The van der Waals surface area contributed by atoms with Gasteiger partial charge in [0.1, 0.15) is 0 Å². The predicted molar refractivity (Wildman–Crippen MR) is 62.2 cm³/mol. The van der Waals surface area contributed by atoms with Crippen LogP contribution in [0, 0.1) is 5.92 Å². The van der Waals surface area contributed by atoms with E-state index in [0.29, 0.717) is 5.91 Å². The average molecular weight is 226 g/mol. The second-order valence-electron chi connectivity index (χ2n) is 4.83. The van der Waals surface area contributed by atoms with Crippen molar-refractivity contribution in [2.45, 2.75) is 31.8 Å². The van der Waals surface area contributed by atoms with Crippen LogP contribution in [0.4, 0.5) is 0 Å². The first-order valence-corrected chi connectivity index (χ1v) is 6.33. The molecule has 0 bridgehead atoms. The fourth-order valence-corrected chi connectivity index (χ4v) is 2.65. The van der Waals surface area contributed by atoms with Gasteiger partial charge in [-0.05, 0) is 32.2 Å². The summed E-state index contributed by atoms with van der Waals surface area (Å²) in [6.45, 7) is 3.61. The highest BCUT2D eigenvalue weighted by atomic mass is 16.5. The molecule has 0 aliphatic carbocycles. The van der Waals surface area contributed by atoms with Crippen molar-refractivity contribution in [2.24, 2.45) is 5.92 Å². The van der Waals surface area contributed by atoms with Gasteiger partial charge in [-0.15, -0.1) is 0 Å². The van der Waals surface area contributed by atoms with Crippen LogP contribution in [-0.2, 0) is 9.53 Å². The van der Waals surface area contributed by atoms with Crippen LogP contribution >= 0.6 is 0 Å². The van der Waals surface area contributed by atoms with E-state index in [2.05, 4.69) is 5.32 Å². The minimum atomic E-state index is 0.198. The lowest BCUT2D eigenvalue weighted by atomic mass is 9.96. The number of carbonyl (C=O) groups excluding carboxylic acids is 1. The van der Waals surface area contributed by atoms with Crippen LogP contribution in [0.3, 0.4) is 0 Å². The Morgan fingerprint density at radius 1 is 1.38 bits per heavy atom. The molecule has 2 heterocycles. The number of likely N-dealkylation sites (tertiary alicyclic amines) is 1. The number of piperidine rings is 2. The summed E-state index contributed by atoms with van der Waals surface area (Å²) in [5.74, 6) is 0.526. The van der Waals surface area contributed by atoms with E-state index in [0.717, 1.165) is 51.9 Å². The Balaban J connectivity index is 1.87. The van der Waals surface area contributed by atoms with Crippen molar-refractivity contribution in [2.75, 3.05) is 33.3 Å². The van der Waals surface area contributed by atoms with Crippen LogP contribution in [0.15, 0.2) is 0 Å². The van der Waals surface area contributed by atoms with E-state index in [-0.39, 0.29) is 12.0 Å². The van der Waals surface area contributed by atoms with Gasteiger partial charge in [0.25, 0.3) is 0 Å². The van der Waals surface area contributed by atoms with Crippen molar-refractivity contribution in [3.8, 4) is 0 Å². The van der Waals surface area contributed by atoms with E-state index in [9.17, 15) is 4.79 Å². The lowest BCUT2D eigenvalue weighted by Gasteiger charge is -2.35. The van der Waals surface area contributed by atoms with E-state index in [1.54, 1.807) is 7.11 Å². The molecule has 2 rings (SSSR count). The van der Waals surface area contributed by atoms with Crippen LogP contribution in [0.2, 0.25) is 0 Å². The summed E-state index contributed by atoms with van der Waals surface area (Å²) < 4.78 is 5.35. The molecule has 1 N–H and O–H groups in total. The van der Waals surface area contributed by atoms with E-state index < -0.39 is 0 Å². The molecule has 0 saturated carbocycles.